The maximum absolute atomic E-state index is 10.5. The van der Waals surface area contributed by atoms with Gasteiger partial charge in [0.15, 0.2) is 0 Å². The van der Waals surface area contributed by atoms with Crippen LogP contribution in [-0.4, -0.2) is 15.7 Å². The molecule has 0 bridgehead atoms. The molecule has 0 saturated heterocycles. The fourth-order valence-corrected chi connectivity index (χ4v) is 0.683. The Morgan fingerprint density at radius 1 is 1.60 bits per heavy atom. The molecule has 0 aliphatic rings. The highest BCUT2D eigenvalue weighted by molar-refractivity contribution is 7.50. The summed E-state index contributed by atoms with van der Waals surface area (Å²) in [7, 11) is -4.44. The van der Waals surface area contributed by atoms with Gasteiger partial charge < -0.3 is 9.79 Å². The first-order valence-electron chi connectivity index (χ1n) is 2.36. The van der Waals surface area contributed by atoms with Crippen LogP contribution in [0, 0.1) is 0 Å². The van der Waals surface area contributed by atoms with Gasteiger partial charge in [-0.25, -0.2) is 4.57 Å². The molecule has 0 aromatic carbocycles. The highest BCUT2D eigenvalue weighted by Gasteiger charge is 2.16. The Bertz CT molecular complexity index is 205. The number of nitrogens with one attached hydrogen (secondary N) is 1. The van der Waals surface area contributed by atoms with E-state index in [1.807, 2.05) is 0 Å². The molecule has 0 rings (SSSR count). The molecule has 0 fully saturated rings. The van der Waals surface area contributed by atoms with Crippen LogP contribution in [0.4, 0.5) is 0 Å². The molecular formula is C4H8NO4P. The van der Waals surface area contributed by atoms with E-state index in [0.717, 1.165) is 0 Å². The Kier molecular flexibility index (Phi) is 2.77. The van der Waals surface area contributed by atoms with E-state index in [9.17, 15) is 9.36 Å². The fraction of sp³-hybridized carbons (Fsp3) is 0.250. The maximum Gasteiger partial charge on any atom is 0.429 e. The number of hydrogen-bond donors (Lipinski definition) is 3. The van der Waals surface area contributed by atoms with E-state index in [0.29, 0.717) is 0 Å². The lowest BCUT2D eigenvalue weighted by molar-refractivity contribution is -0.116. The van der Waals surface area contributed by atoms with Gasteiger partial charge >= 0.3 is 7.75 Å². The minimum absolute atomic E-state index is 0.0586. The second kappa shape index (κ2) is 2.96. The summed E-state index contributed by atoms with van der Waals surface area (Å²) in [4.78, 5) is 26.8. The molecule has 10 heavy (non-hydrogen) atoms. The number of carbonyl (C=O) groups excluding carboxylic acids is 1. The Morgan fingerprint density at radius 2 is 2.00 bits per heavy atom. The third kappa shape index (κ3) is 4.26. The van der Waals surface area contributed by atoms with Gasteiger partial charge in [0.2, 0.25) is 0 Å². The standard InChI is InChI=1S/C4H8NO4P/c1-3(2)4(6)5-10(7,8)9/h1H2,2H3,(H3,5,6,7,8,9). The van der Waals surface area contributed by atoms with Crippen molar-refractivity contribution in [2.24, 2.45) is 0 Å². The molecule has 0 radical (unpaired) electrons. The van der Waals surface area contributed by atoms with Crippen LogP contribution in [-0.2, 0) is 9.36 Å². The Balaban J connectivity index is 4.07. The van der Waals surface area contributed by atoms with Crippen molar-refractivity contribution >= 4 is 13.7 Å². The Morgan fingerprint density at radius 3 is 2.10 bits per heavy atom. The van der Waals surface area contributed by atoms with Gasteiger partial charge in [-0.05, 0) is 6.92 Å². The summed E-state index contributed by atoms with van der Waals surface area (Å²) in [5, 5.41) is 1.45. The Hall–Kier alpha value is -0.640. The molecule has 1 amide bonds. The molecule has 0 unspecified atom stereocenters. The second-order valence-corrected chi connectivity index (χ2v) is 3.08. The molecule has 0 heterocycles. The lowest BCUT2D eigenvalue weighted by Gasteiger charge is -2.04. The maximum atomic E-state index is 10.5. The summed E-state index contributed by atoms with van der Waals surface area (Å²) in [5.74, 6) is -0.840. The quantitative estimate of drug-likeness (QED) is 0.389. The van der Waals surface area contributed by atoms with Gasteiger partial charge in [0.1, 0.15) is 0 Å². The second-order valence-electron chi connectivity index (χ2n) is 1.77. The first kappa shape index (κ1) is 9.36. The zero-order valence-corrected chi connectivity index (χ0v) is 6.26. The molecule has 0 aliphatic carbocycles. The van der Waals surface area contributed by atoms with Gasteiger partial charge in [0, 0.05) is 5.57 Å². The summed E-state index contributed by atoms with van der Waals surface area (Å²) in [6, 6.07) is 0. The van der Waals surface area contributed by atoms with Gasteiger partial charge in [-0.15, -0.1) is 0 Å². The average molecular weight is 165 g/mol. The molecular weight excluding hydrogens is 157 g/mol. The SMILES string of the molecule is C=C(C)C(=O)NP(=O)(O)O. The predicted octanol–water partition coefficient (Wildman–Crippen LogP) is -0.229. The van der Waals surface area contributed by atoms with Crippen molar-refractivity contribution in [1.29, 1.82) is 0 Å². The van der Waals surface area contributed by atoms with Gasteiger partial charge in [-0.3, -0.25) is 9.88 Å². The monoisotopic (exact) mass is 165 g/mol. The number of carbonyl (C=O) groups is 1. The normalized spacial score (nSPS) is 10.7. The third-order valence-electron chi connectivity index (χ3n) is 0.635. The molecule has 6 heteroatoms. The fourth-order valence-electron chi connectivity index (χ4n) is 0.228. The van der Waals surface area contributed by atoms with Crippen LogP contribution >= 0.6 is 7.75 Å². The van der Waals surface area contributed by atoms with E-state index in [4.69, 9.17) is 9.79 Å². The lowest BCUT2D eigenvalue weighted by atomic mass is 10.3. The summed E-state index contributed by atoms with van der Waals surface area (Å²) >= 11 is 0. The van der Waals surface area contributed by atoms with Gasteiger partial charge in [-0.1, -0.05) is 6.58 Å². The van der Waals surface area contributed by atoms with Crippen LogP contribution in [0.2, 0.25) is 0 Å². The third-order valence-corrected chi connectivity index (χ3v) is 1.13. The molecule has 58 valence electrons. The first-order chi connectivity index (χ1) is 4.33. The van der Waals surface area contributed by atoms with Crippen LogP contribution in [0.5, 0.6) is 0 Å². The van der Waals surface area contributed by atoms with E-state index >= 15 is 0 Å². The smallest absolute Gasteiger partial charge is 0.308 e. The van der Waals surface area contributed by atoms with Crippen LogP contribution in [0.15, 0.2) is 12.2 Å². The molecule has 0 aliphatic heterocycles. The van der Waals surface area contributed by atoms with E-state index < -0.39 is 13.7 Å². The van der Waals surface area contributed by atoms with Crippen molar-refractivity contribution in [3.8, 4) is 0 Å². The van der Waals surface area contributed by atoms with Crippen LogP contribution in [0.3, 0.4) is 0 Å². The molecule has 3 N–H and O–H groups in total. The van der Waals surface area contributed by atoms with Crippen molar-refractivity contribution in [1.82, 2.24) is 5.09 Å². The van der Waals surface area contributed by atoms with E-state index in [2.05, 4.69) is 6.58 Å². The van der Waals surface area contributed by atoms with Crippen molar-refractivity contribution in [3.05, 3.63) is 12.2 Å². The van der Waals surface area contributed by atoms with Crippen molar-refractivity contribution in [2.45, 2.75) is 6.92 Å². The summed E-state index contributed by atoms with van der Waals surface area (Å²) in [5.41, 5.74) is 0.0586. The van der Waals surface area contributed by atoms with Gasteiger partial charge in [-0.2, -0.15) is 0 Å². The molecule has 0 spiro atoms. The van der Waals surface area contributed by atoms with E-state index in [1.54, 1.807) is 0 Å². The highest BCUT2D eigenvalue weighted by atomic mass is 31.2. The van der Waals surface area contributed by atoms with Crippen molar-refractivity contribution in [2.75, 3.05) is 0 Å². The molecule has 5 nitrogen and oxygen atoms in total. The van der Waals surface area contributed by atoms with Crippen LogP contribution < -0.4 is 5.09 Å². The molecule has 0 atom stereocenters. The number of hydrogen-bond acceptors (Lipinski definition) is 2. The summed E-state index contributed by atoms with van der Waals surface area (Å²) < 4.78 is 10.1. The minimum atomic E-state index is -4.44. The Labute approximate surface area is 58.0 Å². The van der Waals surface area contributed by atoms with Crippen molar-refractivity contribution < 1.29 is 19.1 Å². The zero-order valence-electron chi connectivity index (χ0n) is 5.37. The average Bonchev–Trinajstić information content (AvgIpc) is 1.60. The largest absolute Gasteiger partial charge is 0.429 e. The molecule has 0 aromatic rings. The first-order valence-corrected chi connectivity index (χ1v) is 3.98. The van der Waals surface area contributed by atoms with E-state index in [1.165, 1.54) is 12.0 Å². The van der Waals surface area contributed by atoms with Crippen molar-refractivity contribution in [3.63, 3.8) is 0 Å². The van der Waals surface area contributed by atoms with Gasteiger partial charge in [0.05, 0.1) is 0 Å². The van der Waals surface area contributed by atoms with Crippen LogP contribution in [0.25, 0.3) is 0 Å². The lowest BCUT2D eigenvalue weighted by Crippen LogP contribution is -2.19. The zero-order chi connectivity index (χ0) is 8.36. The number of amides is 1. The summed E-state index contributed by atoms with van der Waals surface area (Å²) in [6.45, 7) is 4.54. The molecule has 0 saturated carbocycles. The minimum Gasteiger partial charge on any atom is -0.308 e. The topological polar surface area (TPSA) is 86.6 Å². The van der Waals surface area contributed by atoms with Crippen LogP contribution in [0.1, 0.15) is 6.92 Å². The highest BCUT2D eigenvalue weighted by Crippen LogP contribution is 2.28. The van der Waals surface area contributed by atoms with Gasteiger partial charge in [0.25, 0.3) is 5.91 Å². The van der Waals surface area contributed by atoms with E-state index in [-0.39, 0.29) is 5.57 Å². The molecule has 0 aromatic heterocycles. The predicted molar refractivity (Wildman–Crippen MR) is 35.0 cm³/mol. The summed E-state index contributed by atoms with van der Waals surface area (Å²) in [6.07, 6.45) is 0. The number of rotatable bonds is 2.